The van der Waals surface area contributed by atoms with E-state index in [-0.39, 0.29) is 11.7 Å². The first kappa shape index (κ1) is 18.2. The fourth-order valence-electron chi connectivity index (χ4n) is 5.58. The Labute approximate surface area is 147 Å². The van der Waals surface area contributed by atoms with Crippen molar-refractivity contribution in [2.75, 3.05) is 0 Å². The molecule has 2 fully saturated rings. The molecule has 0 bridgehead atoms. The number of carbonyl (C=O) groups is 3. The summed E-state index contributed by atoms with van der Waals surface area (Å²) in [5.74, 6) is -1.66. The third kappa shape index (κ3) is 2.40. The minimum atomic E-state index is -1.32. The van der Waals surface area contributed by atoms with Gasteiger partial charge in [0.25, 0.3) is 0 Å². The number of rotatable bonds is 3. The second-order valence-electron chi connectivity index (χ2n) is 8.50. The molecule has 25 heavy (non-hydrogen) atoms. The Balaban J connectivity index is 2.16. The lowest BCUT2D eigenvalue weighted by Crippen LogP contribution is -2.66. The maximum absolute atomic E-state index is 12.9. The van der Waals surface area contributed by atoms with Gasteiger partial charge in [0.1, 0.15) is 18.7 Å². The highest BCUT2D eigenvalue weighted by Gasteiger charge is 2.66. The van der Waals surface area contributed by atoms with Gasteiger partial charge in [-0.3, -0.25) is 9.59 Å². The third-order valence-corrected chi connectivity index (χ3v) is 6.85. The summed E-state index contributed by atoms with van der Waals surface area (Å²) in [6.07, 6.45) is 3.19. The Morgan fingerprint density at radius 1 is 1.24 bits per heavy atom. The molecule has 136 valence electrons. The second kappa shape index (κ2) is 5.99. The first-order chi connectivity index (χ1) is 11.7. The van der Waals surface area contributed by atoms with Crippen LogP contribution in [-0.4, -0.2) is 40.8 Å². The number of Topliss-reactive ketones (excluding diaryl/α,β-unsaturated/α-hetero) is 1. The average molecular weight is 346 g/mol. The molecule has 2 N–H and O–H groups in total. The van der Waals surface area contributed by atoms with Crippen molar-refractivity contribution in [1.82, 2.24) is 0 Å². The summed E-state index contributed by atoms with van der Waals surface area (Å²) in [5.41, 5.74) is -0.815. The molecule has 0 aromatic heterocycles. The second-order valence-corrected chi connectivity index (χ2v) is 8.50. The van der Waals surface area contributed by atoms with E-state index in [4.69, 9.17) is 0 Å². The van der Waals surface area contributed by atoms with E-state index >= 15 is 0 Å². The summed E-state index contributed by atoms with van der Waals surface area (Å²) < 4.78 is 0. The maximum Gasteiger partial charge on any atom is 0.187 e. The van der Waals surface area contributed by atoms with Gasteiger partial charge in [-0.05, 0) is 42.2 Å². The van der Waals surface area contributed by atoms with Crippen molar-refractivity contribution in [2.24, 2.45) is 28.6 Å². The van der Waals surface area contributed by atoms with Crippen molar-refractivity contribution >= 4 is 18.4 Å². The van der Waals surface area contributed by atoms with Gasteiger partial charge in [-0.25, -0.2) is 0 Å². The van der Waals surface area contributed by atoms with Gasteiger partial charge in [0.15, 0.2) is 5.78 Å². The molecule has 0 aromatic rings. The molecule has 0 spiro atoms. The number of carbonyl (C=O) groups excluding carboxylic acids is 3. The zero-order valence-electron chi connectivity index (χ0n) is 14.8. The molecule has 0 heterocycles. The van der Waals surface area contributed by atoms with Crippen molar-refractivity contribution in [1.29, 1.82) is 0 Å². The molecule has 0 saturated heterocycles. The van der Waals surface area contributed by atoms with Crippen molar-refractivity contribution in [2.45, 2.75) is 51.7 Å². The number of hydrogen-bond acceptors (Lipinski definition) is 5. The Bertz CT molecular complexity index is 661. The van der Waals surface area contributed by atoms with Gasteiger partial charge < -0.3 is 15.0 Å². The van der Waals surface area contributed by atoms with Crippen molar-refractivity contribution in [3.8, 4) is 0 Å². The van der Waals surface area contributed by atoms with Crippen molar-refractivity contribution in [3.05, 3.63) is 23.8 Å². The minimum absolute atomic E-state index is 0.256. The molecular weight excluding hydrogens is 320 g/mol. The highest BCUT2D eigenvalue weighted by molar-refractivity contribution is 6.02. The lowest BCUT2D eigenvalue weighted by molar-refractivity contribution is -0.187. The van der Waals surface area contributed by atoms with Gasteiger partial charge in [-0.15, -0.1) is 0 Å². The number of hydrogen-bond donors (Lipinski definition) is 2. The molecule has 6 atom stereocenters. The Kier molecular flexibility index (Phi) is 4.36. The zero-order valence-corrected chi connectivity index (χ0v) is 14.8. The molecule has 0 aliphatic heterocycles. The van der Waals surface area contributed by atoms with Crippen LogP contribution < -0.4 is 0 Å². The molecule has 0 radical (unpaired) electrons. The van der Waals surface area contributed by atoms with Gasteiger partial charge in [-0.2, -0.15) is 0 Å². The number of aldehydes is 2. The number of aliphatic hydroxyl groups excluding tert-OH is 2. The largest absolute Gasteiger partial charge is 0.392 e. The molecule has 2 saturated carbocycles. The molecule has 3 rings (SSSR count). The van der Waals surface area contributed by atoms with Crippen LogP contribution in [0.15, 0.2) is 23.8 Å². The zero-order chi connectivity index (χ0) is 18.6. The Hall–Kier alpha value is -1.59. The minimum Gasteiger partial charge on any atom is -0.392 e. The Morgan fingerprint density at radius 3 is 2.52 bits per heavy atom. The van der Waals surface area contributed by atoms with Crippen LogP contribution >= 0.6 is 0 Å². The van der Waals surface area contributed by atoms with Crippen LogP contribution in [0.3, 0.4) is 0 Å². The quantitative estimate of drug-likeness (QED) is 0.598. The van der Waals surface area contributed by atoms with E-state index in [0.717, 1.165) is 6.29 Å². The number of ketones is 1. The molecule has 3 aliphatic carbocycles. The monoisotopic (exact) mass is 346 g/mol. The smallest absolute Gasteiger partial charge is 0.187 e. The van der Waals surface area contributed by atoms with E-state index in [0.29, 0.717) is 43.1 Å². The first-order valence-corrected chi connectivity index (χ1v) is 8.93. The third-order valence-electron chi connectivity index (χ3n) is 6.85. The van der Waals surface area contributed by atoms with Crippen LogP contribution in [0.25, 0.3) is 0 Å². The standard InChI is InChI=1S/C20H26O5/c1-11(9-21)12-4-5-14-13(8-12)16(24)17(25)18-19(2,3)7-6-15(23)20(14,18)10-22/h8-10,12,14-15,17-18,23,25H,1,4-7H2,2-3H3. The summed E-state index contributed by atoms with van der Waals surface area (Å²) in [6, 6.07) is 0. The predicted molar refractivity (Wildman–Crippen MR) is 91.5 cm³/mol. The number of aliphatic hydroxyl groups is 2. The van der Waals surface area contributed by atoms with E-state index in [9.17, 15) is 24.6 Å². The molecule has 0 aromatic carbocycles. The lowest BCUT2D eigenvalue weighted by atomic mass is 9.44. The van der Waals surface area contributed by atoms with E-state index in [2.05, 4.69) is 6.58 Å². The SMILES string of the molecule is C=C(C=O)C1C=C2C(=O)C(O)C3C(C)(C)CCC(O)C3(C=O)C2CC1. The molecular formula is C20H26O5. The molecule has 5 nitrogen and oxygen atoms in total. The van der Waals surface area contributed by atoms with E-state index in [1.54, 1.807) is 6.08 Å². The lowest BCUT2D eigenvalue weighted by Gasteiger charge is -2.60. The highest BCUT2D eigenvalue weighted by atomic mass is 16.3. The van der Waals surface area contributed by atoms with Crippen LogP contribution in [0.1, 0.15) is 39.5 Å². The Morgan fingerprint density at radius 2 is 1.92 bits per heavy atom. The van der Waals surface area contributed by atoms with Gasteiger partial charge in [0.05, 0.1) is 11.5 Å². The van der Waals surface area contributed by atoms with Crippen LogP contribution in [0.5, 0.6) is 0 Å². The van der Waals surface area contributed by atoms with Gasteiger partial charge in [0.2, 0.25) is 0 Å². The number of allylic oxidation sites excluding steroid dienone is 2. The first-order valence-electron chi connectivity index (χ1n) is 8.93. The van der Waals surface area contributed by atoms with Crippen LogP contribution in [0.2, 0.25) is 0 Å². The molecule has 0 amide bonds. The highest BCUT2D eigenvalue weighted by Crippen LogP contribution is 2.61. The summed E-state index contributed by atoms with van der Waals surface area (Å²) in [4.78, 5) is 36.2. The molecule has 5 heteroatoms. The average Bonchev–Trinajstić information content (AvgIpc) is 2.60. The van der Waals surface area contributed by atoms with E-state index in [1.165, 1.54) is 0 Å². The molecule has 3 aliphatic rings. The van der Waals surface area contributed by atoms with Crippen LogP contribution in [-0.2, 0) is 14.4 Å². The van der Waals surface area contributed by atoms with E-state index < -0.39 is 34.9 Å². The van der Waals surface area contributed by atoms with Gasteiger partial charge in [-0.1, -0.05) is 26.5 Å². The number of fused-ring (bicyclic) bond motifs is 3. The van der Waals surface area contributed by atoms with Gasteiger partial charge in [0, 0.05) is 17.8 Å². The topological polar surface area (TPSA) is 91.7 Å². The maximum atomic E-state index is 12.9. The van der Waals surface area contributed by atoms with Crippen molar-refractivity contribution in [3.63, 3.8) is 0 Å². The summed E-state index contributed by atoms with van der Waals surface area (Å²) >= 11 is 0. The normalized spacial score (nSPS) is 42.6. The van der Waals surface area contributed by atoms with Crippen LogP contribution in [0.4, 0.5) is 0 Å². The summed E-state index contributed by atoms with van der Waals surface area (Å²) in [5, 5.41) is 21.6. The predicted octanol–water partition coefficient (Wildman–Crippen LogP) is 1.62. The van der Waals surface area contributed by atoms with Gasteiger partial charge >= 0.3 is 0 Å². The summed E-state index contributed by atoms with van der Waals surface area (Å²) in [7, 11) is 0. The fourth-order valence-corrected chi connectivity index (χ4v) is 5.58. The van der Waals surface area contributed by atoms with Crippen LogP contribution in [0, 0.1) is 28.6 Å². The van der Waals surface area contributed by atoms with E-state index in [1.807, 2.05) is 13.8 Å². The summed E-state index contributed by atoms with van der Waals surface area (Å²) in [6.45, 7) is 7.63. The van der Waals surface area contributed by atoms with Crippen molar-refractivity contribution < 1.29 is 24.6 Å². The fraction of sp³-hybridized carbons (Fsp3) is 0.650. The molecule has 6 unspecified atom stereocenters.